The van der Waals surface area contributed by atoms with E-state index in [9.17, 15) is 4.39 Å². The van der Waals surface area contributed by atoms with Crippen LogP contribution in [0.1, 0.15) is 0 Å². The highest BCUT2D eigenvalue weighted by Gasteiger charge is 2.13. The van der Waals surface area contributed by atoms with Gasteiger partial charge in [-0.2, -0.15) is 0 Å². The molecule has 3 nitrogen and oxygen atoms in total. The van der Waals surface area contributed by atoms with E-state index in [2.05, 4.69) is 25.9 Å². The second kappa shape index (κ2) is 5.17. The molecule has 2 heterocycles. The molecule has 0 saturated heterocycles. The molecular formula is C15H11BrFN3. The summed E-state index contributed by atoms with van der Waals surface area (Å²) in [6.45, 7) is 0. The smallest absolute Gasteiger partial charge is 0.123 e. The topological polar surface area (TPSA) is 30.7 Å². The first-order valence-electron chi connectivity index (χ1n) is 6.04. The van der Waals surface area contributed by atoms with Gasteiger partial charge in [0.1, 0.15) is 10.4 Å². The normalized spacial score (nSPS) is 10.8. The molecular weight excluding hydrogens is 321 g/mol. The van der Waals surface area contributed by atoms with Crippen LogP contribution in [0.4, 0.5) is 4.39 Å². The highest BCUT2D eigenvalue weighted by Crippen LogP contribution is 2.31. The molecule has 0 radical (unpaired) electrons. The predicted octanol–water partition coefficient (Wildman–Crippen LogP) is 4.05. The second-order valence-electron chi connectivity index (χ2n) is 4.43. The van der Waals surface area contributed by atoms with E-state index in [0.29, 0.717) is 0 Å². The van der Waals surface area contributed by atoms with E-state index in [1.165, 1.54) is 12.1 Å². The molecule has 0 amide bonds. The van der Waals surface area contributed by atoms with Gasteiger partial charge in [-0.1, -0.05) is 0 Å². The van der Waals surface area contributed by atoms with Crippen molar-refractivity contribution in [3.05, 3.63) is 59.3 Å². The number of benzene rings is 1. The van der Waals surface area contributed by atoms with E-state index in [4.69, 9.17) is 0 Å². The van der Waals surface area contributed by atoms with Crippen LogP contribution >= 0.6 is 15.9 Å². The summed E-state index contributed by atoms with van der Waals surface area (Å²) in [5.41, 5.74) is 3.69. The van der Waals surface area contributed by atoms with Gasteiger partial charge in [0.05, 0.1) is 17.7 Å². The fraction of sp³-hybridized carbons (Fsp3) is 0.0667. The Morgan fingerprint density at radius 1 is 1.05 bits per heavy atom. The van der Waals surface area contributed by atoms with Crippen molar-refractivity contribution in [3.8, 4) is 22.5 Å². The molecule has 0 unspecified atom stereocenters. The van der Waals surface area contributed by atoms with Crippen molar-refractivity contribution < 1.29 is 4.39 Å². The summed E-state index contributed by atoms with van der Waals surface area (Å²) in [4.78, 5) is 8.56. The van der Waals surface area contributed by atoms with Gasteiger partial charge in [-0.3, -0.25) is 0 Å². The fourth-order valence-corrected chi connectivity index (χ4v) is 2.50. The lowest BCUT2D eigenvalue weighted by atomic mass is 10.1. The summed E-state index contributed by atoms with van der Waals surface area (Å²) in [5, 5.41) is 0. The molecule has 0 saturated carbocycles. The molecule has 0 aliphatic heterocycles. The average molecular weight is 332 g/mol. The molecule has 0 bridgehead atoms. The molecule has 5 heteroatoms. The lowest BCUT2D eigenvalue weighted by Gasteiger charge is -2.07. The van der Waals surface area contributed by atoms with Crippen LogP contribution in [-0.2, 0) is 7.05 Å². The zero-order chi connectivity index (χ0) is 14.1. The zero-order valence-corrected chi connectivity index (χ0v) is 12.3. The third-order valence-electron chi connectivity index (χ3n) is 3.05. The van der Waals surface area contributed by atoms with Crippen molar-refractivity contribution in [3.63, 3.8) is 0 Å². The highest BCUT2D eigenvalue weighted by molar-refractivity contribution is 9.10. The van der Waals surface area contributed by atoms with Crippen LogP contribution in [0, 0.1) is 5.82 Å². The lowest BCUT2D eigenvalue weighted by Crippen LogP contribution is -1.92. The van der Waals surface area contributed by atoms with Crippen LogP contribution in [0.25, 0.3) is 22.5 Å². The number of halogens is 2. The number of hydrogen-bond acceptors (Lipinski definition) is 2. The van der Waals surface area contributed by atoms with E-state index in [1.54, 1.807) is 24.7 Å². The standard InChI is InChI=1S/C15H11BrFN3/c1-20-9-19-14(10-2-4-12(17)5-3-10)15(20)11-6-7-18-13(16)8-11/h2-9H,1H3. The maximum atomic E-state index is 13.0. The van der Waals surface area contributed by atoms with Gasteiger partial charge in [-0.25, -0.2) is 14.4 Å². The molecule has 3 rings (SSSR count). The maximum absolute atomic E-state index is 13.0. The summed E-state index contributed by atoms with van der Waals surface area (Å²) in [5.74, 6) is -0.252. The summed E-state index contributed by atoms with van der Waals surface area (Å²) in [7, 11) is 1.93. The number of imidazole rings is 1. The zero-order valence-electron chi connectivity index (χ0n) is 10.7. The molecule has 1 aromatic carbocycles. The van der Waals surface area contributed by atoms with E-state index in [1.807, 2.05) is 23.7 Å². The second-order valence-corrected chi connectivity index (χ2v) is 5.24. The Bertz CT molecular complexity index is 750. The average Bonchev–Trinajstić information content (AvgIpc) is 2.81. The van der Waals surface area contributed by atoms with Crippen molar-refractivity contribution in [1.29, 1.82) is 0 Å². The minimum absolute atomic E-state index is 0.252. The molecule has 0 atom stereocenters. The van der Waals surface area contributed by atoms with E-state index < -0.39 is 0 Å². The Morgan fingerprint density at radius 3 is 2.50 bits per heavy atom. The molecule has 0 spiro atoms. The summed E-state index contributed by atoms with van der Waals surface area (Å²) in [6, 6.07) is 10.2. The van der Waals surface area contributed by atoms with E-state index in [0.717, 1.165) is 27.1 Å². The lowest BCUT2D eigenvalue weighted by molar-refractivity contribution is 0.628. The third kappa shape index (κ3) is 2.36. The number of hydrogen-bond donors (Lipinski definition) is 0. The van der Waals surface area contributed by atoms with Crippen LogP contribution in [0.15, 0.2) is 53.5 Å². The van der Waals surface area contributed by atoms with Crippen molar-refractivity contribution in [1.82, 2.24) is 14.5 Å². The van der Waals surface area contributed by atoms with Gasteiger partial charge in [-0.15, -0.1) is 0 Å². The Hall–Kier alpha value is -2.01. The van der Waals surface area contributed by atoms with E-state index >= 15 is 0 Å². The van der Waals surface area contributed by atoms with Gasteiger partial charge in [-0.05, 0) is 52.3 Å². The van der Waals surface area contributed by atoms with Gasteiger partial charge in [0.25, 0.3) is 0 Å². The number of nitrogens with zero attached hydrogens (tertiary/aromatic N) is 3. The molecule has 0 aliphatic rings. The Labute approximate surface area is 124 Å². The van der Waals surface area contributed by atoms with Gasteiger partial charge in [0.2, 0.25) is 0 Å². The summed E-state index contributed by atoms with van der Waals surface area (Å²) >= 11 is 3.37. The molecule has 0 aliphatic carbocycles. The quantitative estimate of drug-likeness (QED) is 0.663. The number of aryl methyl sites for hydroxylation is 1. The molecule has 100 valence electrons. The van der Waals surface area contributed by atoms with Crippen LogP contribution in [0.3, 0.4) is 0 Å². The number of aromatic nitrogens is 3. The Kier molecular flexibility index (Phi) is 3.36. The summed E-state index contributed by atoms with van der Waals surface area (Å²) in [6.07, 6.45) is 3.49. The molecule has 0 N–H and O–H groups in total. The molecule has 2 aromatic heterocycles. The van der Waals surface area contributed by atoms with E-state index in [-0.39, 0.29) is 5.82 Å². The largest absolute Gasteiger partial charge is 0.333 e. The number of rotatable bonds is 2. The monoisotopic (exact) mass is 331 g/mol. The molecule has 0 fully saturated rings. The first-order valence-corrected chi connectivity index (χ1v) is 6.83. The minimum atomic E-state index is -0.252. The third-order valence-corrected chi connectivity index (χ3v) is 3.49. The van der Waals surface area contributed by atoms with Crippen molar-refractivity contribution in [2.45, 2.75) is 0 Å². The van der Waals surface area contributed by atoms with Crippen LogP contribution in [0.5, 0.6) is 0 Å². The fourth-order valence-electron chi connectivity index (χ4n) is 2.14. The van der Waals surface area contributed by atoms with Crippen molar-refractivity contribution in [2.24, 2.45) is 7.05 Å². The SMILES string of the molecule is Cn1cnc(-c2ccc(F)cc2)c1-c1ccnc(Br)c1. The van der Waals surface area contributed by atoms with Gasteiger partial charge >= 0.3 is 0 Å². The van der Waals surface area contributed by atoms with Crippen LogP contribution in [0.2, 0.25) is 0 Å². The minimum Gasteiger partial charge on any atom is -0.333 e. The van der Waals surface area contributed by atoms with Gasteiger partial charge in [0, 0.05) is 24.4 Å². The van der Waals surface area contributed by atoms with Crippen LogP contribution in [-0.4, -0.2) is 14.5 Å². The van der Waals surface area contributed by atoms with Crippen LogP contribution < -0.4 is 0 Å². The number of pyridine rings is 1. The first kappa shape index (κ1) is 13.0. The highest BCUT2D eigenvalue weighted by atomic mass is 79.9. The van der Waals surface area contributed by atoms with Crippen molar-refractivity contribution >= 4 is 15.9 Å². The first-order chi connectivity index (χ1) is 9.65. The van der Waals surface area contributed by atoms with Gasteiger partial charge in [0.15, 0.2) is 0 Å². The Balaban J connectivity index is 2.17. The van der Waals surface area contributed by atoms with Gasteiger partial charge < -0.3 is 4.57 Å². The Morgan fingerprint density at radius 2 is 1.80 bits per heavy atom. The predicted molar refractivity (Wildman–Crippen MR) is 79.5 cm³/mol. The molecule has 3 aromatic rings. The summed E-state index contributed by atoms with van der Waals surface area (Å²) < 4.78 is 15.8. The van der Waals surface area contributed by atoms with Crippen molar-refractivity contribution in [2.75, 3.05) is 0 Å². The molecule has 20 heavy (non-hydrogen) atoms. The maximum Gasteiger partial charge on any atom is 0.123 e.